The maximum Gasteiger partial charge on any atom is 0.265 e. The Morgan fingerprint density at radius 3 is 2.06 bits per heavy atom. The van der Waals surface area contributed by atoms with Gasteiger partial charge in [-0.05, 0) is 54.6 Å². The third-order valence-electron chi connectivity index (χ3n) is 5.01. The predicted molar refractivity (Wildman–Crippen MR) is 134 cm³/mol. The van der Waals surface area contributed by atoms with Crippen LogP contribution in [0.3, 0.4) is 0 Å². The smallest absolute Gasteiger partial charge is 0.265 e. The number of carbonyl (C=O) groups excluding carboxylic acids is 1. The molecule has 0 saturated carbocycles. The second-order valence-electron chi connectivity index (χ2n) is 7.12. The van der Waals surface area contributed by atoms with Crippen LogP contribution in [0.5, 0.6) is 23.0 Å². The Bertz CT molecular complexity index is 1300. The van der Waals surface area contributed by atoms with Gasteiger partial charge in [0, 0.05) is 16.8 Å². The maximum absolute atomic E-state index is 13.8. The molecule has 3 aromatic rings. The minimum absolute atomic E-state index is 0.0969. The first-order chi connectivity index (χ1) is 16.7. The predicted octanol–water partition coefficient (Wildman–Crippen LogP) is 4.21. The monoisotopic (exact) mass is 520 g/mol. The van der Waals surface area contributed by atoms with Gasteiger partial charge in [-0.15, -0.1) is 0 Å². The lowest BCUT2D eigenvalue weighted by molar-refractivity contribution is -0.114. The van der Waals surface area contributed by atoms with Crippen molar-refractivity contribution in [3.05, 3.63) is 65.7 Å². The standard InChI is InChI=1S/C24H25ClN2O7S/c1-31-18-8-6-17(7-9-18)26-24(28)15-27(20-13-16(25)5-11-21(20)32-2)35(29,30)19-10-12-22(33-3)23(14-19)34-4/h5-14H,15H2,1-4H3,(H,26,28). The fraction of sp³-hybridized carbons (Fsp3) is 0.208. The van der Waals surface area contributed by atoms with E-state index in [0.717, 1.165) is 4.31 Å². The van der Waals surface area contributed by atoms with Gasteiger partial charge in [0.2, 0.25) is 5.91 Å². The van der Waals surface area contributed by atoms with Crippen LogP contribution in [0.15, 0.2) is 65.6 Å². The van der Waals surface area contributed by atoms with Crippen molar-refractivity contribution in [2.24, 2.45) is 0 Å². The number of benzene rings is 3. The van der Waals surface area contributed by atoms with Gasteiger partial charge in [0.05, 0.1) is 39.0 Å². The summed E-state index contributed by atoms with van der Waals surface area (Å²) in [6, 6.07) is 15.3. The van der Waals surface area contributed by atoms with E-state index >= 15 is 0 Å². The molecule has 0 aliphatic rings. The normalized spacial score (nSPS) is 10.9. The Labute approximate surface area is 209 Å². The highest BCUT2D eigenvalue weighted by molar-refractivity contribution is 7.92. The van der Waals surface area contributed by atoms with Crippen LogP contribution in [0, 0.1) is 0 Å². The van der Waals surface area contributed by atoms with Crippen LogP contribution in [-0.2, 0) is 14.8 Å². The molecule has 0 spiro atoms. The average Bonchev–Trinajstić information content (AvgIpc) is 2.87. The Morgan fingerprint density at radius 2 is 1.46 bits per heavy atom. The van der Waals surface area contributed by atoms with Gasteiger partial charge in [0.15, 0.2) is 11.5 Å². The topological polar surface area (TPSA) is 103 Å². The highest BCUT2D eigenvalue weighted by Crippen LogP contribution is 2.37. The number of anilines is 2. The summed E-state index contributed by atoms with van der Waals surface area (Å²) in [5, 5.41) is 2.96. The van der Waals surface area contributed by atoms with Crippen LogP contribution in [0.4, 0.5) is 11.4 Å². The summed E-state index contributed by atoms with van der Waals surface area (Å²) in [4.78, 5) is 12.9. The molecule has 0 bridgehead atoms. The van der Waals surface area contributed by atoms with Crippen molar-refractivity contribution < 1.29 is 32.2 Å². The summed E-state index contributed by atoms with van der Waals surface area (Å²) in [5.41, 5.74) is 0.567. The summed E-state index contributed by atoms with van der Waals surface area (Å²) >= 11 is 6.17. The molecule has 35 heavy (non-hydrogen) atoms. The zero-order valence-corrected chi connectivity index (χ0v) is 21.1. The van der Waals surface area contributed by atoms with Crippen molar-refractivity contribution in [2.45, 2.75) is 4.90 Å². The van der Waals surface area contributed by atoms with Crippen molar-refractivity contribution in [1.82, 2.24) is 0 Å². The molecule has 1 N–H and O–H groups in total. The van der Waals surface area contributed by atoms with Gasteiger partial charge >= 0.3 is 0 Å². The van der Waals surface area contributed by atoms with E-state index in [4.69, 9.17) is 30.5 Å². The lowest BCUT2D eigenvalue weighted by Crippen LogP contribution is -2.38. The lowest BCUT2D eigenvalue weighted by atomic mass is 10.3. The molecule has 9 nitrogen and oxygen atoms in total. The van der Waals surface area contributed by atoms with Crippen molar-refractivity contribution in [3.8, 4) is 23.0 Å². The zero-order valence-electron chi connectivity index (χ0n) is 19.6. The van der Waals surface area contributed by atoms with Crippen LogP contribution in [0.2, 0.25) is 5.02 Å². The molecule has 0 heterocycles. The quantitative estimate of drug-likeness (QED) is 0.427. The zero-order chi connectivity index (χ0) is 25.6. The molecule has 0 unspecified atom stereocenters. The van der Waals surface area contributed by atoms with Crippen molar-refractivity contribution in [3.63, 3.8) is 0 Å². The summed E-state index contributed by atoms with van der Waals surface area (Å²) in [7, 11) is 1.48. The Kier molecular flexibility index (Phi) is 8.31. The van der Waals surface area contributed by atoms with Gasteiger partial charge in [0.1, 0.15) is 18.0 Å². The van der Waals surface area contributed by atoms with Crippen LogP contribution < -0.4 is 28.6 Å². The van der Waals surface area contributed by atoms with E-state index in [1.807, 2.05) is 0 Å². The minimum Gasteiger partial charge on any atom is -0.497 e. The number of rotatable bonds is 10. The van der Waals surface area contributed by atoms with Gasteiger partial charge in [-0.2, -0.15) is 0 Å². The number of hydrogen-bond donors (Lipinski definition) is 1. The first kappa shape index (κ1) is 26.0. The molecule has 0 aromatic heterocycles. The van der Waals surface area contributed by atoms with Crippen molar-refractivity contribution in [2.75, 3.05) is 44.6 Å². The molecule has 0 saturated heterocycles. The number of hydrogen-bond acceptors (Lipinski definition) is 7. The molecule has 186 valence electrons. The SMILES string of the molecule is COc1ccc(NC(=O)CN(c2cc(Cl)ccc2OC)S(=O)(=O)c2ccc(OC)c(OC)c2)cc1. The molecule has 0 aliphatic carbocycles. The second kappa shape index (κ2) is 11.2. The number of nitrogens with zero attached hydrogens (tertiary/aromatic N) is 1. The van der Waals surface area contributed by atoms with E-state index in [-0.39, 0.29) is 27.1 Å². The first-order valence-electron chi connectivity index (χ1n) is 10.3. The van der Waals surface area contributed by atoms with Gasteiger partial charge in [-0.3, -0.25) is 9.10 Å². The molecule has 1 amide bonds. The lowest BCUT2D eigenvalue weighted by Gasteiger charge is -2.26. The highest BCUT2D eigenvalue weighted by Gasteiger charge is 2.30. The van der Waals surface area contributed by atoms with E-state index < -0.39 is 22.5 Å². The molecule has 3 rings (SSSR count). The molecule has 11 heteroatoms. The Morgan fingerprint density at radius 1 is 0.829 bits per heavy atom. The Hall–Kier alpha value is -3.63. The number of halogens is 1. The fourth-order valence-electron chi connectivity index (χ4n) is 3.27. The number of carbonyl (C=O) groups is 1. The van der Waals surface area contributed by atoms with E-state index in [2.05, 4.69) is 5.32 Å². The number of methoxy groups -OCH3 is 4. The summed E-state index contributed by atoms with van der Waals surface area (Å²) < 4.78 is 49.4. The molecule has 0 atom stereocenters. The minimum atomic E-state index is -4.28. The summed E-state index contributed by atoms with van der Waals surface area (Å²) in [6.07, 6.45) is 0. The molecule has 3 aromatic carbocycles. The third-order valence-corrected chi connectivity index (χ3v) is 7.00. The Balaban J connectivity index is 2.04. The van der Waals surface area contributed by atoms with E-state index in [1.54, 1.807) is 30.3 Å². The molecule has 0 radical (unpaired) electrons. The van der Waals surface area contributed by atoms with E-state index in [9.17, 15) is 13.2 Å². The van der Waals surface area contributed by atoms with Crippen LogP contribution >= 0.6 is 11.6 Å². The van der Waals surface area contributed by atoms with Crippen molar-refractivity contribution >= 4 is 38.9 Å². The summed E-state index contributed by atoms with van der Waals surface area (Å²) in [6.45, 7) is -0.556. The van der Waals surface area contributed by atoms with Gasteiger partial charge in [-0.1, -0.05) is 11.6 Å². The molecule has 0 aliphatic heterocycles. The summed E-state index contributed by atoms with van der Waals surface area (Å²) in [5.74, 6) is 0.825. The average molecular weight is 521 g/mol. The van der Waals surface area contributed by atoms with E-state index in [1.165, 1.54) is 58.8 Å². The van der Waals surface area contributed by atoms with Crippen LogP contribution in [-0.4, -0.2) is 49.3 Å². The number of sulfonamides is 1. The van der Waals surface area contributed by atoms with Crippen LogP contribution in [0.25, 0.3) is 0 Å². The second-order valence-corrected chi connectivity index (χ2v) is 9.42. The third kappa shape index (κ3) is 5.90. The number of ether oxygens (including phenoxy) is 4. The fourth-order valence-corrected chi connectivity index (χ4v) is 4.87. The number of nitrogens with one attached hydrogen (secondary N) is 1. The first-order valence-corrected chi connectivity index (χ1v) is 12.1. The molecular weight excluding hydrogens is 496 g/mol. The molecule has 0 fully saturated rings. The largest absolute Gasteiger partial charge is 0.497 e. The van der Waals surface area contributed by atoms with Crippen molar-refractivity contribution in [1.29, 1.82) is 0 Å². The molecular formula is C24H25ClN2O7S. The van der Waals surface area contributed by atoms with E-state index in [0.29, 0.717) is 17.2 Å². The van der Waals surface area contributed by atoms with Gasteiger partial charge in [0.25, 0.3) is 10.0 Å². The highest BCUT2D eigenvalue weighted by atomic mass is 35.5. The van der Waals surface area contributed by atoms with Gasteiger partial charge < -0.3 is 24.3 Å². The van der Waals surface area contributed by atoms with Crippen LogP contribution in [0.1, 0.15) is 0 Å². The number of amides is 1. The van der Waals surface area contributed by atoms with Gasteiger partial charge in [-0.25, -0.2) is 8.42 Å². The maximum atomic E-state index is 13.8.